The molecule has 1 aromatic heterocycles. The number of alkyl halides is 3. The second-order valence-corrected chi connectivity index (χ2v) is 11.0. The minimum Gasteiger partial charge on any atom is -0.497 e. The van der Waals surface area contributed by atoms with Gasteiger partial charge < -0.3 is 24.6 Å². The fourth-order valence-corrected chi connectivity index (χ4v) is 5.76. The number of nitrogens with zero attached hydrogens (tertiary/aromatic N) is 3. The lowest BCUT2D eigenvalue weighted by Gasteiger charge is -2.26. The fraction of sp³-hybridized carbons (Fsp3) is 0.344. The lowest BCUT2D eigenvalue weighted by molar-refractivity contribution is -0.138. The van der Waals surface area contributed by atoms with Crippen LogP contribution in [0.25, 0.3) is 5.69 Å². The van der Waals surface area contributed by atoms with E-state index in [0.29, 0.717) is 58.3 Å². The number of ketones is 1. The van der Waals surface area contributed by atoms with E-state index in [-0.39, 0.29) is 31.2 Å². The molecule has 2 atom stereocenters. The molecule has 45 heavy (non-hydrogen) atoms. The number of nitrogens with one attached hydrogen (secondary N) is 1. The van der Waals surface area contributed by atoms with Crippen molar-refractivity contribution < 1.29 is 37.3 Å². The molecule has 13 heteroatoms. The molecule has 0 amide bonds. The Kier molecular flexibility index (Phi) is 9.83. The summed E-state index contributed by atoms with van der Waals surface area (Å²) in [6.07, 6.45) is -0.194. The first kappa shape index (κ1) is 32.1. The first-order valence-electron chi connectivity index (χ1n) is 14.3. The summed E-state index contributed by atoms with van der Waals surface area (Å²) < 4.78 is 59.2. The molecule has 0 aliphatic heterocycles. The van der Waals surface area contributed by atoms with E-state index in [9.17, 15) is 23.1 Å². The predicted octanol–water partition coefficient (Wildman–Crippen LogP) is 6.25. The molecule has 1 heterocycles. The molecule has 0 spiro atoms. The maximum atomic E-state index is 14.5. The van der Waals surface area contributed by atoms with Gasteiger partial charge in [-0.3, -0.25) is 4.79 Å². The number of aromatic nitrogens is 3. The standard InChI is InChI=1S/C32H32ClF3N4O5/c1-43-25-15-23(14-24(16-25)40-18-37-17-38-40)39-30(26-8-7-22(33)13-28(26)45-10-9-41)31(42)19-3-5-20-11-27(32(34,35)36)29(44-2)12-21(20)6-4-19/h7-8,11-19,30,39,41H,3-6,9-10H2,1-2H3. The Hall–Kier alpha value is -4.29. The summed E-state index contributed by atoms with van der Waals surface area (Å²) in [6.45, 7) is -0.272. The Balaban J connectivity index is 1.51. The first-order chi connectivity index (χ1) is 21.6. The molecule has 0 saturated heterocycles. The van der Waals surface area contributed by atoms with E-state index >= 15 is 0 Å². The highest BCUT2D eigenvalue weighted by molar-refractivity contribution is 6.30. The molecular formula is C32H32ClF3N4O5. The minimum atomic E-state index is -4.57. The van der Waals surface area contributed by atoms with Gasteiger partial charge >= 0.3 is 6.18 Å². The van der Waals surface area contributed by atoms with Crippen molar-refractivity contribution in [3.63, 3.8) is 0 Å². The first-order valence-corrected chi connectivity index (χ1v) is 14.6. The van der Waals surface area contributed by atoms with Gasteiger partial charge in [0.1, 0.15) is 42.6 Å². The second-order valence-electron chi connectivity index (χ2n) is 10.6. The molecule has 3 aromatic carbocycles. The average Bonchev–Trinajstić information content (AvgIpc) is 3.49. The van der Waals surface area contributed by atoms with Crippen LogP contribution in [-0.2, 0) is 23.8 Å². The van der Waals surface area contributed by atoms with Gasteiger partial charge in [0.05, 0.1) is 32.1 Å². The van der Waals surface area contributed by atoms with Gasteiger partial charge in [-0.1, -0.05) is 17.7 Å². The molecule has 1 aliphatic rings. The molecule has 0 bridgehead atoms. The van der Waals surface area contributed by atoms with Crippen molar-refractivity contribution >= 4 is 23.1 Å². The van der Waals surface area contributed by atoms with Gasteiger partial charge in [-0.2, -0.15) is 18.3 Å². The lowest BCUT2D eigenvalue weighted by atomic mass is 9.87. The third-order valence-electron chi connectivity index (χ3n) is 7.80. The van der Waals surface area contributed by atoms with Crippen molar-refractivity contribution in [2.24, 2.45) is 5.92 Å². The summed E-state index contributed by atoms with van der Waals surface area (Å²) in [7, 11) is 2.74. The summed E-state index contributed by atoms with van der Waals surface area (Å²) in [5, 5.41) is 17.3. The number of aliphatic hydroxyl groups excluding tert-OH is 1. The number of fused-ring (bicyclic) bond motifs is 1. The Morgan fingerprint density at radius 2 is 1.82 bits per heavy atom. The highest BCUT2D eigenvalue weighted by atomic mass is 35.5. The van der Waals surface area contributed by atoms with Gasteiger partial charge in [0.2, 0.25) is 0 Å². The summed E-state index contributed by atoms with van der Waals surface area (Å²) in [5.74, 6) is -0.0927. The van der Waals surface area contributed by atoms with E-state index in [0.717, 1.165) is 11.6 Å². The van der Waals surface area contributed by atoms with E-state index < -0.39 is 23.7 Å². The van der Waals surface area contributed by atoms with Crippen LogP contribution >= 0.6 is 11.6 Å². The Labute approximate surface area is 262 Å². The summed E-state index contributed by atoms with van der Waals surface area (Å²) >= 11 is 6.28. The van der Waals surface area contributed by atoms with Crippen LogP contribution in [0.1, 0.15) is 41.1 Å². The molecule has 5 rings (SSSR count). The number of benzene rings is 3. The number of carbonyl (C=O) groups is 1. The van der Waals surface area contributed by atoms with Gasteiger partial charge in [0.25, 0.3) is 0 Å². The zero-order chi connectivity index (χ0) is 32.1. The lowest BCUT2D eigenvalue weighted by Crippen LogP contribution is -2.29. The molecule has 0 fully saturated rings. The zero-order valence-corrected chi connectivity index (χ0v) is 25.4. The van der Waals surface area contributed by atoms with Crippen LogP contribution < -0.4 is 19.5 Å². The smallest absolute Gasteiger partial charge is 0.419 e. The third-order valence-corrected chi connectivity index (χ3v) is 8.03. The Morgan fingerprint density at radius 3 is 2.47 bits per heavy atom. The number of hydrogen-bond donors (Lipinski definition) is 2. The van der Waals surface area contributed by atoms with Crippen molar-refractivity contribution in [3.8, 4) is 22.9 Å². The van der Waals surface area contributed by atoms with Gasteiger partial charge in [-0.15, -0.1) is 0 Å². The van der Waals surface area contributed by atoms with E-state index in [1.54, 1.807) is 41.1 Å². The number of methoxy groups -OCH3 is 2. The van der Waals surface area contributed by atoms with Crippen LogP contribution in [0.5, 0.6) is 17.2 Å². The topological polar surface area (TPSA) is 108 Å². The fourth-order valence-electron chi connectivity index (χ4n) is 5.60. The number of ether oxygens (including phenoxy) is 3. The van der Waals surface area contributed by atoms with Crippen molar-refractivity contribution in [2.45, 2.75) is 37.9 Å². The number of anilines is 1. The number of aliphatic hydroxyl groups is 1. The molecule has 238 valence electrons. The zero-order valence-electron chi connectivity index (χ0n) is 24.6. The highest BCUT2D eigenvalue weighted by Gasteiger charge is 2.37. The van der Waals surface area contributed by atoms with Crippen LogP contribution in [0.4, 0.5) is 18.9 Å². The van der Waals surface area contributed by atoms with Gasteiger partial charge in [0.15, 0.2) is 5.78 Å². The maximum Gasteiger partial charge on any atom is 0.419 e. The molecule has 2 unspecified atom stereocenters. The summed E-state index contributed by atoms with van der Waals surface area (Å²) in [5.41, 5.74) is 2.10. The number of Topliss-reactive ketones (excluding diaryl/α,β-unsaturated/α-hetero) is 1. The van der Waals surface area contributed by atoms with Gasteiger partial charge in [-0.25, -0.2) is 9.67 Å². The maximum absolute atomic E-state index is 14.5. The van der Waals surface area contributed by atoms with Crippen molar-refractivity contribution in [3.05, 3.63) is 88.5 Å². The van der Waals surface area contributed by atoms with Crippen LogP contribution in [0, 0.1) is 5.92 Å². The normalized spacial score (nSPS) is 15.5. The van der Waals surface area contributed by atoms with Crippen LogP contribution in [0.2, 0.25) is 5.02 Å². The van der Waals surface area contributed by atoms with E-state index in [1.165, 1.54) is 32.9 Å². The van der Waals surface area contributed by atoms with Crippen molar-refractivity contribution in [1.82, 2.24) is 14.8 Å². The number of halogens is 4. The third kappa shape index (κ3) is 7.34. The average molecular weight is 645 g/mol. The van der Waals surface area contributed by atoms with E-state index in [1.807, 2.05) is 0 Å². The summed E-state index contributed by atoms with van der Waals surface area (Å²) in [6, 6.07) is 11.8. The second kappa shape index (κ2) is 13.8. The molecule has 4 aromatic rings. The van der Waals surface area contributed by atoms with Gasteiger partial charge in [-0.05, 0) is 67.1 Å². The molecular weight excluding hydrogens is 613 g/mol. The van der Waals surface area contributed by atoms with Crippen LogP contribution in [0.3, 0.4) is 0 Å². The molecule has 0 radical (unpaired) electrons. The quantitative estimate of drug-likeness (QED) is 0.185. The number of carbonyl (C=O) groups excluding carboxylic acids is 1. The predicted molar refractivity (Wildman–Crippen MR) is 161 cm³/mol. The monoisotopic (exact) mass is 644 g/mol. The van der Waals surface area contributed by atoms with Crippen LogP contribution in [-0.4, -0.2) is 53.1 Å². The Bertz CT molecular complexity index is 1650. The van der Waals surface area contributed by atoms with Crippen molar-refractivity contribution in [1.29, 1.82) is 0 Å². The van der Waals surface area contributed by atoms with Crippen molar-refractivity contribution in [2.75, 3.05) is 32.8 Å². The molecule has 2 N–H and O–H groups in total. The van der Waals surface area contributed by atoms with Gasteiger partial charge in [0, 0.05) is 34.3 Å². The number of rotatable bonds is 11. The van der Waals surface area contributed by atoms with E-state index in [4.69, 9.17) is 25.8 Å². The number of aryl methyl sites for hydroxylation is 2. The molecule has 1 aliphatic carbocycles. The largest absolute Gasteiger partial charge is 0.497 e. The van der Waals surface area contributed by atoms with Crippen LogP contribution in [0.15, 0.2) is 61.2 Å². The molecule has 9 nitrogen and oxygen atoms in total. The summed E-state index contributed by atoms with van der Waals surface area (Å²) in [4.78, 5) is 18.5. The Morgan fingerprint density at radius 1 is 1.07 bits per heavy atom. The highest BCUT2D eigenvalue weighted by Crippen LogP contribution is 2.41. The molecule has 0 saturated carbocycles. The minimum absolute atomic E-state index is 0.0219. The van der Waals surface area contributed by atoms with E-state index in [2.05, 4.69) is 15.4 Å². The SMILES string of the molecule is COc1cc(NC(C(=O)C2CCc3cc(OC)c(C(F)(F)F)cc3CC2)c2ccc(Cl)cc2OCCO)cc(-n2cncn2)c1. The number of hydrogen-bond acceptors (Lipinski definition) is 8.